The summed E-state index contributed by atoms with van der Waals surface area (Å²) in [7, 11) is 1.40. The highest BCUT2D eigenvalue weighted by Crippen LogP contribution is 2.25. The van der Waals surface area contributed by atoms with Crippen molar-refractivity contribution in [2.45, 2.75) is 12.8 Å². The highest BCUT2D eigenvalue weighted by Gasteiger charge is 2.20. The number of benzene rings is 1. The fourth-order valence-corrected chi connectivity index (χ4v) is 3.04. The van der Waals surface area contributed by atoms with Crippen LogP contribution in [0.3, 0.4) is 0 Å². The number of para-hydroxylation sites is 1. The average molecular weight is 356 g/mol. The van der Waals surface area contributed by atoms with Gasteiger partial charge in [0.2, 0.25) is 0 Å². The van der Waals surface area contributed by atoms with Crippen LogP contribution in [-0.2, 0) is 9.53 Å². The predicted octanol–water partition coefficient (Wildman–Crippen LogP) is 2.29. The van der Waals surface area contributed by atoms with Gasteiger partial charge >= 0.3 is 5.97 Å². The van der Waals surface area contributed by atoms with Crippen molar-refractivity contribution in [1.82, 2.24) is 10.2 Å². The maximum Gasteiger partial charge on any atom is 0.305 e. The van der Waals surface area contributed by atoms with Crippen molar-refractivity contribution in [3.63, 3.8) is 0 Å². The van der Waals surface area contributed by atoms with Crippen molar-refractivity contribution >= 4 is 40.6 Å². The third-order valence-electron chi connectivity index (χ3n) is 3.82. The fraction of sp³-hybridized carbons (Fsp3) is 0.500. The molecule has 0 saturated carbocycles. The standard InChI is InChI=1S/C16H22ClN3O2S/c1-22-15(21)7-4-8-18-16(23)20-11-9-19(10-12-20)14-6-3-2-5-13(14)17/h2-3,5-6H,4,7-12H2,1H3,(H,18,23). The minimum Gasteiger partial charge on any atom is -0.469 e. The van der Waals surface area contributed by atoms with E-state index < -0.39 is 0 Å². The molecule has 1 aromatic rings. The molecule has 23 heavy (non-hydrogen) atoms. The lowest BCUT2D eigenvalue weighted by Gasteiger charge is -2.37. The van der Waals surface area contributed by atoms with E-state index in [-0.39, 0.29) is 5.97 Å². The summed E-state index contributed by atoms with van der Waals surface area (Å²) in [6.45, 7) is 4.15. The Morgan fingerprint density at radius 3 is 2.65 bits per heavy atom. The largest absolute Gasteiger partial charge is 0.469 e. The van der Waals surface area contributed by atoms with Crippen LogP contribution in [0.15, 0.2) is 24.3 Å². The van der Waals surface area contributed by atoms with E-state index in [4.69, 9.17) is 23.8 Å². The van der Waals surface area contributed by atoms with Crippen LogP contribution in [0.1, 0.15) is 12.8 Å². The maximum atomic E-state index is 11.0. The topological polar surface area (TPSA) is 44.8 Å². The van der Waals surface area contributed by atoms with Crippen molar-refractivity contribution in [2.24, 2.45) is 0 Å². The van der Waals surface area contributed by atoms with Gasteiger partial charge in [0.05, 0.1) is 17.8 Å². The number of rotatable bonds is 5. The third kappa shape index (κ3) is 5.25. The van der Waals surface area contributed by atoms with Gasteiger partial charge in [0, 0.05) is 39.1 Å². The number of esters is 1. The number of piperazine rings is 1. The highest BCUT2D eigenvalue weighted by atomic mass is 35.5. The van der Waals surface area contributed by atoms with Gasteiger partial charge in [-0.2, -0.15) is 0 Å². The zero-order valence-electron chi connectivity index (χ0n) is 13.3. The Balaban J connectivity index is 1.72. The van der Waals surface area contributed by atoms with Gasteiger partial charge in [-0.15, -0.1) is 0 Å². The maximum absolute atomic E-state index is 11.0. The summed E-state index contributed by atoms with van der Waals surface area (Å²) in [5, 5.41) is 4.73. The van der Waals surface area contributed by atoms with Crippen LogP contribution in [0, 0.1) is 0 Å². The molecule has 0 unspecified atom stereocenters. The van der Waals surface area contributed by atoms with Gasteiger partial charge in [-0.1, -0.05) is 23.7 Å². The monoisotopic (exact) mass is 355 g/mol. The van der Waals surface area contributed by atoms with Crippen molar-refractivity contribution in [3.05, 3.63) is 29.3 Å². The molecule has 2 rings (SSSR count). The van der Waals surface area contributed by atoms with Gasteiger partial charge in [0.1, 0.15) is 0 Å². The number of carbonyl (C=O) groups excluding carboxylic acids is 1. The third-order valence-corrected chi connectivity index (χ3v) is 4.54. The minimum atomic E-state index is -0.189. The summed E-state index contributed by atoms with van der Waals surface area (Å²) in [4.78, 5) is 15.5. The molecule has 0 spiro atoms. The summed E-state index contributed by atoms with van der Waals surface area (Å²) < 4.78 is 4.61. The molecule has 5 nitrogen and oxygen atoms in total. The Morgan fingerprint density at radius 1 is 1.30 bits per heavy atom. The second-order valence-corrected chi connectivity index (χ2v) is 6.13. The Hall–Kier alpha value is -1.53. The molecule has 1 heterocycles. The number of thiocarbonyl (C=S) groups is 1. The van der Waals surface area contributed by atoms with Gasteiger partial charge in [-0.25, -0.2) is 0 Å². The molecule has 1 N–H and O–H groups in total. The Kier molecular flexibility index (Phi) is 6.92. The van der Waals surface area contributed by atoms with Crippen molar-refractivity contribution < 1.29 is 9.53 Å². The van der Waals surface area contributed by atoms with Gasteiger partial charge in [0.25, 0.3) is 0 Å². The predicted molar refractivity (Wildman–Crippen MR) is 97.1 cm³/mol. The highest BCUT2D eigenvalue weighted by molar-refractivity contribution is 7.80. The Bertz CT molecular complexity index is 548. The van der Waals surface area contributed by atoms with E-state index in [0.29, 0.717) is 19.4 Å². The summed E-state index contributed by atoms with van der Waals surface area (Å²) in [5.41, 5.74) is 1.07. The number of anilines is 1. The van der Waals surface area contributed by atoms with Crippen molar-refractivity contribution in [2.75, 3.05) is 44.7 Å². The number of hydrogen-bond acceptors (Lipinski definition) is 4. The SMILES string of the molecule is COC(=O)CCCNC(=S)N1CCN(c2ccccc2Cl)CC1. The van der Waals surface area contributed by atoms with E-state index in [2.05, 4.69) is 19.9 Å². The fourth-order valence-electron chi connectivity index (χ4n) is 2.50. The molecule has 0 atom stereocenters. The first-order valence-electron chi connectivity index (χ1n) is 7.71. The molecule has 0 amide bonds. The smallest absolute Gasteiger partial charge is 0.305 e. The van der Waals surface area contributed by atoms with E-state index in [9.17, 15) is 4.79 Å². The van der Waals surface area contributed by atoms with Crippen LogP contribution < -0.4 is 10.2 Å². The van der Waals surface area contributed by atoms with Crippen LogP contribution >= 0.6 is 23.8 Å². The zero-order valence-corrected chi connectivity index (χ0v) is 14.8. The average Bonchev–Trinajstić information content (AvgIpc) is 2.59. The summed E-state index contributed by atoms with van der Waals surface area (Å²) in [5.74, 6) is -0.189. The molecule has 0 radical (unpaired) electrons. The first-order chi connectivity index (χ1) is 11.1. The molecule has 1 aliphatic heterocycles. The number of ether oxygens (including phenoxy) is 1. The first kappa shape index (κ1) is 17.8. The van der Waals surface area contributed by atoms with Gasteiger partial charge in [-0.05, 0) is 30.8 Å². The number of nitrogens with zero attached hydrogens (tertiary/aromatic N) is 2. The van der Waals surface area contributed by atoms with Crippen LogP contribution in [0.4, 0.5) is 5.69 Å². The summed E-state index contributed by atoms with van der Waals surface area (Å²) >= 11 is 11.7. The number of nitrogens with one attached hydrogen (secondary N) is 1. The molecule has 0 bridgehead atoms. The van der Waals surface area contributed by atoms with Crippen LogP contribution in [0.25, 0.3) is 0 Å². The van der Waals surface area contributed by atoms with Crippen LogP contribution in [-0.4, -0.2) is 55.8 Å². The molecule has 126 valence electrons. The first-order valence-corrected chi connectivity index (χ1v) is 8.49. The number of methoxy groups -OCH3 is 1. The van der Waals surface area contributed by atoms with E-state index in [1.807, 2.05) is 24.3 Å². The Morgan fingerprint density at radius 2 is 2.00 bits per heavy atom. The van der Waals surface area contributed by atoms with Crippen LogP contribution in [0.5, 0.6) is 0 Å². The molecule has 1 saturated heterocycles. The second kappa shape index (κ2) is 8.93. The van der Waals surface area contributed by atoms with Gasteiger partial charge in [0.15, 0.2) is 5.11 Å². The molecular formula is C16H22ClN3O2S. The molecule has 1 aliphatic rings. The summed E-state index contributed by atoms with van der Waals surface area (Å²) in [6, 6.07) is 7.90. The van der Waals surface area contributed by atoms with Gasteiger partial charge < -0.3 is 19.9 Å². The molecular weight excluding hydrogens is 334 g/mol. The number of hydrogen-bond donors (Lipinski definition) is 1. The minimum absolute atomic E-state index is 0.189. The lowest BCUT2D eigenvalue weighted by Crippen LogP contribution is -2.52. The number of halogens is 1. The van der Waals surface area contributed by atoms with Crippen molar-refractivity contribution in [3.8, 4) is 0 Å². The van der Waals surface area contributed by atoms with Crippen molar-refractivity contribution in [1.29, 1.82) is 0 Å². The zero-order chi connectivity index (χ0) is 16.7. The number of carbonyl (C=O) groups is 1. The van der Waals surface area contributed by atoms with E-state index in [0.717, 1.165) is 42.0 Å². The molecule has 0 aliphatic carbocycles. The second-order valence-electron chi connectivity index (χ2n) is 5.34. The molecule has 0 aromatic heterocycles. The molecule has 7 heteroatoms. The van der Waals surface area contributed by atoms with Gasteiger partial charge in [-0.3, -0.25) is 4.79 Å². The van der Waals surface area contributed by atoms with E-state index in [1.165, 1.54) is 7.11 Å². The van der Waals surface area contributed by atoms with Crippen LogP contribution in [0.2, 0.25) is 5.02 Å². The summed E-state index contributed by atoms with van der Waals surface area (Å²) in [6.07, 6.45) is 1.12. The normalized spacial score (nSPS) is 14.5. The lowest BCUT2D eigenvalue weighted by atomic mass is 10.2. The van der Waals surface area contributed by atoms with E-state index >= 15 is 0 Å². The van der Waals surface area contributed by atoms with E-state index in [1.54, 1.807) is 0 Å². The Labute approximate surface area is 147 Å². The lowest BCUT2D eigenvalue weighted by molar-refractivity contribution is -0.140. The quantitative estimate of drug-likeness (QED) is 0.496. The molecule has 1 fully saturated rings. The molecule has 1 aromatic carbocycles.